The molecule has 0 fully saturated rings. The molecule has 2 aromatic rings. The fraction of sp³-hybridized carbons (Fsp3) is 0.364. The van der Waals surface area contributed by atoms with E-state index >= 15 is 0 Å². The molecule has 1 unspecified atom stereocenters. The van der Waals surface area contributed by atoms with E-state index in [0.717, 1.165) is 5.56 Å². The average molecular weight is 350 g/mol. The number of hydrogen-bond donors (Lipinski definition) is 4. The predicted octanol–water partition coefficient (Wildman–Crippen LogP) is 0.220. The van der Waals surface area contributed by atoms with Crippen molar-refractivity contribution in [1.29, 1.82) is 0 Å². The van der Waals surface area contributed by atoms with E-state index in [4.69, 9.17) is 24.3 Å². The van der Waals surface area contributed by atoms with Crippen molar-refractivity contribution >= 4 is 26.3 Å². The molecule has 9 nitrogen and oxygen atoms in total. The van der Waals surface area contributed by atoms with Gasteiger partial charge in [-0.2, -0.15) is 0 Å². The van der Waals surface area contributed by atoms with Crippen LogP contribution in [-0.4, -0.2) is 41.9 Å². The number of pyridine rings is 1. The Balaban J connectivity index is 2.19. The molecule has 0 saturated carbocycles. The van der Waals surface area contributed by atoms with Crippen molar-refractivity contribution in [2.45, 2.75) is 18.7 Å². The lowest BCUT2D eigenvalue weighted by Gasteiger charge is -2.16. The molecule has 4 N–H and O–H groups in total. The summed E-state index contributed by atoms with van der Waals surface area (Å²) in [5.41, 5.74) is 0.785. The minimum Gasteiger partial charge on any atom is -0.369 e. The summed E-state index contributed by atoms with van der Waals surface area (Å²) in [6, 6.07) is 3.26. The van der Waals surface area contributed by atoms with Gasteiger partial charge in [0.25, 0.3) is 0 Å². The Morgan fingerprint density at radius 3 is 2.45 bits per heavy atom. The number of aryl methyl sites for hydroxylation is 1. The monoisotopic (exact) mass is 350 g/mol. The first-order chi connectivity index (χ1) is 10.1. The van der Waals surface area contributed by atoms with Crippen LogP contribution in [0.4, 0.5) is 0 Å². The third-order valence-corrected chi connectivity index (χ3v) is 5.16. The van der Waals surface area contributed by atoms with Crippen molar-refractivity contribution in [3.05, 3.63) is 30.1 Å². The Hall–Kier alpha value is -1.05. The molecule has 2 aromatic heterocycles. The fourth-order valence-corrected chi connectivity index (χ4v) is 3.27. The summed E-state index contributed by atoms with van der Waals surface area (Å²) < 4.78 is 28.6. The third kappa shape index (κ3) is 4.02. The summed E-state index contributed by atoms with van der Waals surface area (Å²) in [4.78, 5) is 40.2. The Bertz CT molecular complexity index is 763. The third-order valence-electron chi connectivity index (χ3n) is 3.13. The molecule has 0 bridgehead atoms. The molecule has 0 amide bonds. The average Bonchev–Trinajstić information content (AvgIpc) is 2.80. The Labute approximate surface area is 125 Å². The summed E-state index contributed by atoms with van der Waals surface area (Å²) in [5.74, 6) is -1.18. The van der Waals surface area contributed by atoms with Gasteiger partial charge in [0.2, 0.25) is 0 Å². The molecule has 122 valence electrons. The van der Waals surface area contributed by atoms with Gasteiger partial charge in [-0.3, -0.25) is 9.13 Å². The van der Waals surface area contributed by atoms with Gasteiger partial charge in [-0.05, 0) is 24.5 Å². The Morgan fingerprint density at radius 2 is 1.91 bits per heavy atom. The number of imidazole rings is 1. The standard InChI is InChI=1S/C11H16N2O7P2/c1-20-11(22(17,18)19)5-3-8-2-4-9-12-10(21(14,15)16)7-13(9)6-8/h2,4,6-7,11H,3,5H2,1H3,(H2,14,15,16)(H2,17,18,19). The van der Waals surface area contributed by atoms with Crippen LogP contribution in [-0.2, 0) is 20.3 Å². The molecule has 0 aromatic carbocycles. The van der Waals surface area contributed by atoms with Gasteiger partial charge in [-0.15, -0.1) is 0 Å². The number of hydrogen-bond acceptors (Lipinski definition) is 4. The van der Waals surface area contributed by atoms with Gasteiger partial charge in [-0.1, -0.05) is 6.07 Å². The molecule has 0 spiro atoms. The maximum absolute atomic E-state index is 11.2. The van der Waals surface area contributed by atoms with Crippen molar-refractivity contribution < 1.29 is 33.4 Å². The van der Waals surface area contributed by atoms with E-state index < -0.39 is 21.0 Å². The second-order valence-corrected chi connectivity index (χ2v) is 8.06. The lowest BCUT2D eigenvalue weighted by atomic mass is 10.1. The molecule has 22 heavy (non-hydrogen) atoms. The highest BCUT2D eigenvalue weighted by molar-refractivity contribution is 7.60. The molecular weight excluding hydrogens is 334 g/mol. The molecule has 0 saturated heterocycles. The molecular formula is C11H16N2O7P2. The largest absolute Gasteiger partial charge is 0.376 e. The molecule has 0 aliphatic rings. The quantitative estimate of drug-likeness (QED) is 0.542. The highest BCUT2D eigenvalue weighted by Crippen LogP contribution is 2.43. The van der Waals surface area contributed by atoms with Gasteiger partial charge in [0.05, 0.1) is 0 Å². The number of methoxy groups -OCH3 is 1. The van der Waals surface area contributed by atoms with Crippen LogP contribution in [0.2, 0.25) is 0 Å². The van der Waals surface area contributed by atoms with E-state index in [1.807, 2.05) is 0 Å². The van der Waals surface area contributed by atoms with Crippen molar-refractivity contribution in [3.63, 3.8) is 0 Å². The van der Waals surface area contributed by atoms with E-state index in [1.54, 1.807) is 18.3 Å². The first-order valence-corrected chi connectivity index (χ1v) is 9.52. The number of rotatable bonds is 6. The van der Waals surface area contributed by atoms with Gasteiger partial charge in [0.15, 0.2) is 11.3 Å². The van der Waals surface area contributed by atoms with E-state index in [9.17, 15) is 9.13 Å². The SMILES string of the molecule is COC(CCc1ccc2nc(P(=O)(O)O)cn2c1)P(=O)(O)O. The maximum atomic E-state index is 11.2. The molecule has 2 heterocycles. The second-order valence-electron chi connectivity index (χ2n) is 4.76. The van der Waals surface area contributed by atoms with Crippen molar-refractivity contribution in [2.75, 3.05) is 7.11 Å². The van der Waals surface area contributed by atoms with E-state index in [-0.39, 0.29) is 11.9 Å². The molecule has 0 radical (unpaired) electrons. The number of fused-ring (bicyclic) bond motifs is 1. The normalized spacial score (nSPS) is 14.4. The molecule has 0 aliphatic carbocycles. The first-order valence-electron chi connectivity index (χ1n) is 6.23. The van der Waals surface area contributed by atoms with Gasteiger partial charge in [-0.25, -0.2) is 4.98 Å². The van der Waals surface area contributed by atoms with Crippen molar-refractivity contribution in [3.8, 4) is 0 Å². The van der Waals surface area contributed by atoms with Crippen molar-refractivity contribution in [2.24, 2.45) is 0 Å². The number of aromatic nitrogens is 2. The van der Waals surface area contributed by atoms with Crippen molar-refractivity contribution in [1.82, 2.24) is 9.38 Å². The predicted molar refractivity (Wildman–Crippen MR) is 78.0 cm³/mol. The molecule has 11 heteroatoms. The lowest BCUT2D eigenvalue weighted by molar-refractivity contribution is 0.129. The van der Waals surface area contributed by atoms with Gasteiger partial charge >= 0.3 is 15.2 Å². The van der Waals surface area contributed by atoms with Gasteiger partial charge < -0.3 is 28.7 Å². The fourth-order valence-electron chi connectivity index (χ4n) is 2.03. The van der Waals surface area contributed by atoms with Crippen LogP contribution in [0.3, 0.4) is 0 Å². The Morgan fingerprint density at radius 1 is 1.23 bits per heavy atom. The van der Waals surface area contributed by atoms with E-state index in [1.165, 1.54) is 17.7 Å². The van der Waals surface area contributed by atoms with Crippen LogP contribution in [0.25, 0.3) is 5.65 Å². The minimum absolute atomic E-state index is 0.117. The first kappa shape index (κ1) is 17.3. The smallest absolute Gasteiger partial charge is 0.369 e. The maximum Gasteiger partial charge on any atom is 0.376 e. The van der Waals surface area contributed by atoms with E-state index in [0.29, 0.717) is 12.1 Å². The summed E-state index contributed by atoms with van der Waals surface area (Å²) in [6.07, 6.45) is 3.29. The van der Waals surface area contributed by atoms with Crippen LogP contribution in [0.5, 0.6) is 0 Å². The molecule has 1 atom stereocenters. The molecule has 2 rings (SSSR count). The zero-order valence-electron chi connectivity index (χ0n) is 11.6. The highest BCUT2D eigenvalue weighted by Gasteiger charge is 2.28. The van der Waals surface area contributed by atoms with Crippen LogP contribution in [0.15, 0.2) is 24.5 Å². The Kier molecular flexibility index (Phi) is 4.89. The van der Waals surface area contributed by atoms with Crippen LogP contribution in [0, 0.1) is 0 Å². The summed E-state index contributed by atoms with van der Waals surface area (Å²) in [5, 5.41) is 0. The second kappa shape index (κ2) is 6.22. The number of ether oxygens (including phenoxy) is 1. The lowest BCUT2D eigenvalue weighted by Crippen LogP contribution is -2.12. The summed E-state index contributed by atoms with van der Waals surface area (Å²) in [6.45, 7) is 0. The van der Waals surface area contributed by atoms with Crippen LogP contribution in [0.1, 0.15) is 12.0 Å². The van der Waals surface area contributed by atoms with Crippen LogP contribution >= 0.6 is 15.2 Å². The highest BCUT2D eigenvalue weighted by atomic mass is 31.2. The summed E-state index contributed by atoms with van der Waals surface area (Å²) in [7, 11) is -7.51. The zero-order valence-corrected chi connectivity index (χ0v) is 13.4. The van der Waals surface area contributed by atoms with Gasteiger partial charge in [0, 0.05) is 19.5 Å². The number of nitrogens with zero attached hydrogens (tertiary/aromatic N) is 2. The van der Waals surface area contributed by atoms with Gasteiger partial charge in [0.1, 0.15) is 5.65 Å². The molecule has 0 aliphatic heterocycles. The van der Waals surface area contributed by atoms with Crippen LogP contribution < -0.4 is 5.44 Å². The van der Waals surface area contributed by atoms with E-state index in [2.05, 4.69) is 4.98 Å². The minimum atomic E-state index is -4.42. The zero-order chi connectivity index (χ0) is 16.5. The summed E-state index contributed by atoms with van der Waals surface area (Å²) >= 11 is 0. The topological polar surface area (TPSA) is 142 Å².